The van der Waals surface area contributed by atoms with Gasteiger partial charge in [-0.1, -0.05) is 6.92 Å². The first-order valence-corrected chi connectivity index (χ1v) is 5.10. The number of hydrogen-bond acceptors (Lipinski definition) is 3. The molecule has 0 radical (unpaired) electrons. The van der Waals surface area contributed by atoms with Crippen molar-refractivity contribution < 1.29 is 14.6 Å². The monoisotopic (exact) mass is 201 g/mol. The number of carbonyl (C=O) groups excluding carboxylic acids is 1. The lowest BCUT2D eigenvalue weighted by molar-refractivity contribution is -0.135. The van der Waals surface area contributed by atoms with Crippen LogP contribution in [0.25, 0.3) is 0 Å². The molecule has 1 aliphatic rings. The molecule has 1 N–H and O–H groups in total. The molecule has 1 heterocycles. The first kappa shape index (κ1) is 11.5. The van der Waals surface area contributed by atoms with E-state index < -0.39 is 0 Å². The number of nitrogens with zero attached hydrogens (tertiary/aromatic N) is 1. The minimum Gasteiger partial charge on any atom is -0.393 e. The highest BCUT2D eigenvalue weighted by molar-refractivity contribution is 5.76. The second-order valence-corrected chi connectivity index (χ2v) is 3.92. The molecule has 82 valence electrons. The van der Waals surface area contributed by atoms with E-state index in [-0.39, 0.29) is 17.9 Å². The summed E-state index contributed by atoms with van der Waals surface area (Å²) in [6, 6.07) is 0. The molecule has 14 heavy (non-hydrogen) atoms. The van der Waals surface area contributed by atoms with Crippen LogP contribution in [0.3, 0.4) is 0 Å². The molecule has 0 saturated carbocycles. The summed E-state index contributed by atoms with van der Waals surface area (Å²) < 4.78 is 4.85. The van der Waals surface area contributed by atoms with E-state index in [4.69, 9.17) is 4.74 Å². The molecule has 0 aromatic rings. The summed E-state index contributed by atoms with van der Waals surface area (Å²) in [4.78, 5) is 13.4. The molecule has 1 rings (SSSR count). The van der Waals surface area contributed by atoms with Crippen molar-refractivity contribution in [2.75, 3.05) is 26.8 Å². The SMILES string of the molecule is COCCC(=O)N1CCC(O)C(C)C1. The third-order valence-electron chi connectivity index (χ3n) is 2.73. The van der Waals surface area contributed by atoms with Crippen LogP contribution in [0.5, 0.6) is 0 Å². The number of likely N-dealkylation sites (tertiary alicyclic amines) is 1. The number of amides is 1. The smallest absolute Gasteiger partial charge is 0.224 e. The van der Waals surface area contributed by atoms with Crippen LogP contribution in [-0.2, 0) is 9.53 Å². The summed E-state index contributed by atoms with van der Waals surface area (Å²) in [5.74, 6) is 0.320. The van der Waals surface area contributed by atoms with Gasteiger partial charge in [0.25, 0.3) is 0 Å². The quantitative estimate of drug-likeness (QED) is 0.712. The number of aliphatic hydroxyl groups excluding tert-OH is 1. The number of rotatable bonds is 3. The van der Waals surface area contributed by atoms with Crippen LogP contribution < -0.4 is 0 Å². The maximum absolute atomic E-state index is 11.6. The average molecular weight is 201 g/mol. The highest BCUT2D eigenvalue weighted by Crippen LogP contribution is 2.16. The highest BCUT2D eigenvalue weighted by Gasteiger charge is 2.26. The van der Waals surface area contributed by atoms with Crippen LogP contribution in [0.1, 0.15) is 19.8 Å². The first-order chi connectivity index (χ1) is 6.65. The summed E-state index contributed by atoms with van der Waals surface area (Å²) >= 11 is 0. The van der Waals surface area contributed by atoms with Crippen molar-refractivity contribution in [2.45, 2.75) is 25.9 Å². The van der Waals surface area contributed by atoms with Gasteiger partial charge in [0.05, 0.1) is 19.1 Å². The second kappa shape index (κ2) is 5.32. The molecule has 0 aliphatic carbocycles. The number of methoxy groups -OCH3 is 1. The van der Waals surface area contributed by atoms with Gasteiger partial charge in [-0.05, 0) is 12.3 Å². The van der Waals surface area contributed by atoms with E-state index in [2.05, 4.69) is 0 Å². The van der Waals surface area contributed by atoms with E-state index in [9.17, 15) is 9.90 Å². The fourth-order valence-corrected chi connectivity index (χ4v) is 1.71. The van der Waals surface area contributed by atoms with E-state index in [1.807, 2.05) is 11.8 Å². The van der Waals surface area contributed by atoms with Crippen LogP contribution in [-0.4, -0.2) is 48.8 Å². The fraction of sp³-hybridized carbons (Fsp3) is 0.900. The standard InChI is InChI=1S/C10H19NO3/c1-8-7-11(5-3-9(8)12)10(13)4-6-14-2/h8-9,12H,3-7H2,1-2H3. The summed E-state index contributed by atoms with van der Waals surface area (Å²) in [6.07, 6.45) is 0.889. The van der Waals surface area contributed by atoms with Gasteiger partial charge in [0, 0.05) is 20.2 Å². The lowest BCUT2D eigenvalue weighted by atomic mass is 9.96. The molecule has 4 nitrogen and oxygen atoms in total. The maximum atomic E-state index is 11.6. The fourth-order valence-electron chi connectivity index (χ4n) is 1.71. The van der Waals surface area contributed by atoms with Crippen LogP contribution in [0.15, 0.2) is 0 Å². The van der Waals surface area contributed by atoms with Crippen molar-refractivity contribution in [1.29, 1.82) is 0 Å². The van der Waals surface area contributed by atoms with Crippen molar-refractivity contribution in [3.63, 3.8) is 0 Å². The van der Waals surface area contributed by atoms with Gasteiger partial charge in [-0.3, -0.25) is 4.79 Å². The largest absolute Gasteiger partial charge is 0.393 e. The van der Waals surface area contributed by atoms with E-state index in [1.54, 1.807) is 7.11 Å². The van der Waals surface area contributed by atoms with Gasteiger partial charge in [0.15, 0.2) is 0 Å². The van der Waals surface area contributed by atoms with Crippen LogP contribution in [0.2, 0.25) is 0 Å². The Morgan fingerprint density at radius 2 is 2.36 bits per heavy atom. The van der Waals surface area contributed by atoms with E-state index in [0.717, 1.165) is 0 Å². The Kier molecular flexibility index (Phi) is 4.35. The van der Waals surface area contributed by atoms with Crippen LogP contribution >= 0.6 is 0 Å². The lowest BCUT2D eigenvalue weighted by Crippen LogP contribution is -2.45. The Morgan fingerprint density at radius 1 is 1.64 bits per heavy atom. The molecule has 0 spiro atoms. The molecule has 1 aliphatic heterocycles. The summed E-state index contributed by atoms with van der Waals surface area (Å²) in [5, 5.41) is 9.49. The summed E-state index contributed by atoms with van der Waals surface area (Å²) in [6.45, 7) is 3.80. The van der Waals surface area contributed by atoms with Crippen molar-refractivity contribution in [3.05, 3.63) is 0 Å². The zero-order valence-corrected chi connectivity index (χ0v) is 8.90. The van der Waals surface area contributed by atoms with E-state index in [0.29, 0.717) is 32.5 Å². The first-order valence-electron chi connectivity index (χ1n) is 5.10. The minimum atomic E-state index is -0.249. The zero-order chi connectivity index (χ0) is 10.6. The Labute approximate surface area is 84.8 Å². The molecule has 1 fully saturated rings. The molecule has 2 atom stereocenters. The molecule has 1 saturated heterocycles. The molecular formula is C10H19NO3. The zero-order valence-electron chi connectivity index (χ0n) is 8.90. The van der Waals surface area contributed by atoms with E-state index >= 15 is 0 Å². The number of hydrogen-bond donors (Lipinski definition) is 1. The second-order valence-electron chi connectivity index (χ2n) is 3.92. The predicted molar refractivity (Wildman–Crippen MR) is 52.9 cm³/mol. The topological polar surface area (TPSA) is 49.8 Å². The van der Waals surface area contributed by atoms with Gasteiger partial charge in [-0.2, -0.15) is 0 Å². The van der Waals surface area contributed by atoms with Gasteiger partial charge in [-0.25, -0.2) is 0 Å². The van der Waals surface area contributed by atoms with Crippen LogP contribution in [0.4, 0.5) is 0 Å². The molecular weight excluding hydrogens is 182 g/mol. The minimum absolute atomic E-state index is 0.130. The van der Waals surface area contributed by atoms with Gasteiger partial charge in [0.2, 0.25) is 5.91 Å². The molecule has 4 heteroatoms. The number of ether oxygens (including phenoxy) is 1. The highest BCUT2D eigenvalue weighted by atomic mass is 16.5. The van der Waals surface area contributed by atoms with Crippen LogP contribution in [0, 0.1) is 5.92 Å². The Bertz CT molecular complexity index is 196. The molecule has 0 aromatic heterocycles. The third kappa shape index (κ3) is 2.96. The third-order valence-corrected chi connectivity index (χ3v) is 2.73. The number of aliphatic hydroxyl groups is 1. The number of piperidine rings is 1. The lowest BCUT2D eigenvalue weighted by Gasteiger charge is -2.34. The predicted octanol–water partition coefficient (Wildman–Crippen LogP) is 0.252. The Balaban J connectivity index is 2.34. The average Bonchev–Trinajstić information content (AvgIpc) is 2.18. The van der Waals surface area contributed by atoms with Gasteiger partial charge >= 0.3 is 0 Å². The van der Waals surface area contributed by atoms with Crippen molar-refractivity contribution in [3.8, 4) is 0 Å². The van der Waals surface area contributed by atoms with Gasteiger partial charge in [0.1, 0.15) is 0 Å². The molecule has 2 unspecified atom stereocenters. The molecule has 0 aromatic carbocycles. The van der Waals surface area contributed by atoms with Gasteiger partial charge in [-0.15, -0.1) is 0 Å². The molecule has 1 amide bonds. The van der Waals surface area contributed by atoms with Crippen molar-refractivity contribution in [1.82, 2.24) is 4.90 Å². The Hall–Kier alpha value is -0.610. The van der Waals surface area contributed by atoms with Crippen molar-refractivity contribution >= 4 is 5.91 Å². The normalized spacial score (nSPS) is 27.8. The van der Waals surface area contributed by atoms with Gasteiger partial charge < -0.3 is 14.7 Å². The number of carbonyl (C=O) groups is 1. The Morgan fingerprint density at radius 3 is 2.93 bits per heavy atom. The van der Waals surface area contributed by atoms with Crippen molar-refractivity contribution in [2.24, 2.45) is 5.92 Å². The molecule has 0 bridgehead atoms. The van der Waals surface area contributed by atoms with E-state index in [1.165, 1.54) is 0 Å². The maximum Gasteiger partial charge on any atom is 0.224 e. The summed E-state index contributed by atoms with van der Waals surface area (Å²) in [5.41, 5.74) is 0. The summed E-state index contributed by atoms with van der Waals surface area (Å²) in [7, 11) is 1.59.